The van der Waals surface area contributed by atoms with Crippen LogP contribution in [0.15, 0.2) is 44.6 Å². The Morgan fingerprint density at radius 3 is 3.00 bits per heavy atom. The second-order valence-electron chi connectivity index (χ2n) is 5.57. The zero-order valence-electron chi connectivity index (χ0n) is 13.7. The van der Waals surface area contributed by atoms with Crippen LogP contribution in [0, 0.1) is 6.92 Å². The maximum absolute atomic E-state index is 12.8. The first-order chi connectivity index (χ1) is 12.6. The van der Waals surface area contributed by atoms with Gasteiger partial charge in [0.15, 0.2) is 0 Å². The Morgan fingerprint density at radius 1 is 1.38 bits per heavy atom. The number of hydrogen-bond donors (Lipinski definition) is 0. The molecule has 7 nitrogen and oxygen atoms in total. The highest BCUT2D eigenvalue weighted by molar-refractivity contribution is 7.18. The summed E-state index contributed by atoms with van der Waals surface area (Å²) in [4.78, 5) is 30.8. The number of fused-ring (bicyclic) bond motifs is 1. The van der Waals surface area contributed by atoms with E-state index in [9.17, 15) is 9.59 Å². The highest BCUT2D eigenvalue weighted by atomic mass is 32.1. The van der Waals surface area contributed by atoms with E-state index in [1.54, 1.807) is 24.3 Å². The summed E-state index contributed by atoms with van der Waals surface area (Å²) in [5, 5.41) is 8.16. The first kappa shape index (κ1) is 16.7. The molecule has 0 spiro atoms. The van der Waals surface area contributed by atoms with Crippen LogP contribution in [0.2, 0.25) is 0 Å². The number of carbonyl (C=O) groups excluding carboxylic acids is 1. The van der Waals surface area contributed by atoms with E-state index >= 15 is 0 Å². The van der Waals surface area contributed by atoms with E-state index in [0.717, 1.165) is 10.4 Å². The van der Waals surface area contributed by atoms with Gasteiger partial charge in [0.25, 0.3) is 5.56 Å². The quantitative estimate of drug-likeness (QED) is 0.489. The fraction of sp³-hybridized carbons (Fsp3) is 0.176. The Balaban J connectivity index is 1.57. The summed E-state index contributed by atoms with van der Waals surface area (Å²) < 4.78 is 11.3. The van der Waals surface area contributed by atoms with E-state index in [0.29, 0.717) is 21.7 Å². The zero-order chi connectivity index (χ0) is 18.1. The minimum atomic E-state index is -0.540. The van der Waals surface area contributed by atoms with E-state index in [1.807, 2.05) is 22.9 Å². The van der Waals surface area contributed by atoms with Gasteiger partial charge in [-0.1, -0.05) is 11.2 Å². The SMILES string of the molecule is Cc1cc(COC(=O)Cn2cnc3scc(-c4cccs4)c3c2=O)no1. The molecule has 0 aliphatic heterocycles. The van der Waals surface area contributed by atoms with Crippen molar-refractivity contribution in [1.82, 2.24) is 14.7 Å². The van der Waals surface area contributed by atoms with Gasteiger partial charge in [-0.3, -0.25) is 14.2 Å². The number of thiophene rings is 2. The van der Waals surface area contributed by atoms with Gasteiger partial charge in [0, 0.05) is 21.9 Å². The van der Waals surface area contributed by atoms with Crippen molar-refractivity contribution in [2.75, 3.05) is 0 Å². The van der Waals surface area contributed by atoms with Crippen LogP contribution in [-0.4, -0.2) is 20.7 Å². The smallest absolute Gasteiger partial charge is 0.326 e. The maximum atomic E-state index is 12.8. The molecule has 0 unspecified atom stereocenters. The van der Waals surface area contributed by atoms with E-state index in [4.69, 9.17) is 9.26 Å². The van der Waals surface area contributed by atoms with Gasteiger partial charge in [0.1, 0.15) is 29.4 Å². The summed E-state index contributed by atoms with van der Waals surface area (Å²) in [5.41, 5.74) is 1.11. The van der Waals surface area contributed by atoms with E-state index < -0.39 is 5.97 Å². The molecule has 0 fully saturated rings. The lowest BCUT2D eigenvalue weighted by Crippen LogP contribution is -2.25. The molecular weight excluding hydrogens is 374 g/mol. The highest BCUT2D eigenvalue weighted by Gasteiger charge is 2.16. The molecular formula is C17H13N3O4S2. The Kier molecular flexibility index (Phi) is 4.39. The fourth-order valence-electron chi connectivity index (χ4n) is 2.52. The van der Waals surface area contributed by atoms with Crippen molar-refractivity contribution in [3.8, 4) is 10.4 Å². The van der Waals surface area contributed by atoms with Crippen molar-refractivity contribution in [3.05, 3.63) is 57.1 Å². The van der Waals surface area contributed by atoms with Crippen molar-refractivity contribution < 1.29 is 14.1 Å². The Hall–Kier alpha value is -2.78. The molecule has 26 heavy (non-hydrogen) atoms. The van der Waals surface area contributed by atoms with Gasteiger partial charge < -0.3 is 9.26 Å². The Labute approximate surface area is 155 Å². The summed E-state index contributed by atoms with van der Waals surface area (Å²) in [6, 6.07) is 5.57. The second-order valence-corrected chi connectivity index (χ2v) is 7.38. The van der Waals surface area contributed by atoms with Crippen LogP contribution in [0.5, 0.6) is 0 Å². The van der Waals surface area contributed by atoms with Crippen molar-refractivity contribution >= 4 is 38.9 Å². The molecule has 0 saturated heterocycles. The summed E-state index contributed by atoms with van der Waals surface area (Å²) in [6.45, 7) is 1.54. The Morgan fingerprint density at radius 2 is 2.27 bits per heavy atom. The minimum Gasteiger partial charge on any atom is -0.458 e. The first-order valence-corrected chi connectivity index (χ1v) is 9.46. The number of nitrogens with zero attached hydrogens (tertiary/aromatic N) is 3. The molecule has 4 aromatic heterocycles. The van der Waals surface area contributed by atoms with Gasteiger partial charge in [-0.05, 0) is 18.4 Å². The van der Waals surface area contributed by atoms with Crippen LogP contribution in [0.1, 0.15) is 11.5 Å². The van der Waals surface area contributed by atoms with Gasteiger partial charge >= 0.3 is 5.97 Å². The topological polar surface area (TPSA) is 87.2 Å². The lowest BCUT2D eigenvalue weighted by molar-refractivity contribution is -0.145. The lowest BCUT2D eigenvalue weighted by Gasteiger charge is -2.06. The van der Waals surface area contributed by atoms with Gasteiger partial charge in [-0.25, -0.2) is 4.98 Å². The molecule has 0 amide bonds. The highest BCUT2D eigenvalue weighted by Crippen LogP contribution is 2.33. The Bertz CT molecular complexity index is 1120. The van der Waals surface area contributed by atoms with Crippen molar-refractivity contribution in [3.63, 3.8) is 0 Å². The van der Waals surface area contributed by atoms with Crippen LogP contribution in [0.4, 0.5) is 0 Å². The van der Waals surface area contributed by atoms with Gasteiger partial charge in [-0.2, -0.15) is 0 Å². The number of aromatic nitrogens is 3. The molecule has 0 N–H and O–H groups in total. The second kappa shape index (κ2) is 6.85. The van der Waals surface area contributed by atoms with Crippen LogP contribution in [-0.2, 0) is 22.7 Å². The standard InChI is InChI=1S/C17H13N3O4S2/c1-10-5-11(19-24-10)7-23-14(21)6-20-9-18-16-15(17(20)22)12(8-26-16)13-3-2-4-25-13/h2-5,8-9H,6-7H2,1H3. The number of esters is 1. The van der Waals surface area contributed by atoms with Crippen LogP contribution in [0.3, 0.4) is 0 Å². The predicted molar refractivity (Wildman–Crippen MR) is 98.2 cm³/mol. The molecule has 0 saturated carbocycles. The van der Waals surface area contributed by atoms with Crippen LogP contribution in [0.25, 0.3) is 20.7 Å². The predicted octanol–water partition coefficient (Wildman–Crippen LogP) is 3.23. The normalized spacial score (nSPS) is 11.1. The summed E-state index contributed by atoms with van der Waals surface area (Å²) >= 11 is 2.97. The number of carbonyl (C=O) groups is 1. The van der Waals surface area contributed by atoms with Gasteiger partial charge in [0.05, 0.1) is 11.7 Å². The largest absolute Gasteiger partial charge is 0.458 e. The first-order valence-electron chi connectivity index (χ1n) is 7.70. The fourth-order valence-corrected chi connectivity index (χ4v) is 4.24. The molecule has 0 radical (unpaired) electrons. The van der Waals surface area contributed by atoms with Crippen molar-refractivity contribution in [1.29, 1.82) is 0 Å². The van der Waals surface area contributed by atoms with E-state index in [1.165, 1.54) is 22.2 Å². The molecule has 4 aromatic rings. The maximum Gasteiger partial charge on any atom is 0.326 e. The molecule has 0 atom stereocenters. The van der Waals surface area contributed by atoms with Crippen molar-refractivity contribution in [2.24, 2.45) is 0 Å². The zero-order valence-corrected chi connectivity index (χ0v) is 15.3. The van der Waals surface area contributed by atoms with E-state index in [2.05, 4.69) is 10.1 Å². The monoisotopic (exact) mass is 387 g/mol. The summed E-state index contributed by atoms with van der Waals surface area (Å²) in [7, 11) is 0. The molecule has 9 heteroatoms. The van der Waals surface area contributed by atoms with Gasteiger partial charge in [0.2, 0.25) is 0 Å². The molecule has 4 rings (SSSR count). The number of rotatable bonds is 5. The number of hydrogen-bond acceptors (Lipinski definition) is 8. The third kappa shape index (κ3) is 3.18. The van der Waals surface area contributed by atoms with Crippen molar-refractivity contribution in [2.45, 2.75) is 20.1 Å². The number of ether oxygens (including phenoxy) is 1. The minimum absolute atomic E-state index is 0.000503. The third-order valence-corrected chi connectivity index (χ3v) is 5.49. The van der Waals surface area contributed by atoms with Crippen LogP contribution < -0.4 is 5.56 Å². The molecule has 0 aliphatic rings. The lowest BCUT2D eigenvalue weighted by atomic mass is 10.2. The van der Waals surface area contributed by atoms with E-state index in [-0.39, 0.29) is 18.7 Å². The average Bonchev–Trinajstić information content (AvgIpc) is 3.35. The number of aryl methyl sites for hydroxylation is 1. The molecule has 0 aromatic carbocycles. The third-order valence-electron chi connectivity index (χ3n) is 3.70. The molecule has 0 aliphatic carbocycles. The summed E-state index contributed by atoms with van der Waals surface area (Å²) in [6.07, 6.45) is 1.38. The summed E-state index contributed by atoms with van der Waals surface area (Å²) in [5.74, 6) is 0.0993. The average molecular weight is 387 g/mol. The molecule has 0 bridgehead atoms. The molecule has 132 valence electrons. The van der Waals surface area contributed by atoms with Crippen LogP contribution >= 0.6 is 22.7 Å². The molecule has 4 heterocycles. The van der Waals surface area contributed by atoms with Gasteiger partial charge in [-0.15, -0.1) is 22.7 Å².